The van der Waals surface area contributed by atoms with Crippen molar-refractivity contribution in [2.75, 3.05) is 5.73 Å². The Labute approximate surface area is 59.2 Å². The minimum absolute atomic E-state index is 0.325. The summed E-state index contributed by atoms with van der Waals surface area (Å²) in [6, 6.07) is 0. The van der Waals surface area contributed by atoms with Crippen molar-refractivity contribution in [1.82, 2.24) is 9.97 Å². The van der Waals surface area contributed by atoms with Crippen molar-refractivity contribution in [3.05, 3.63) is 25.7 Å². The van der Waals surface area contributed by atoms with E-state index in [1.54, 1.807) is 4.98 Å². The van der Waals surface area contributed by atoms with Gasteiger partial charge in [0.1, 0.15) is 5.82 Å². The highest BCUT2D eigenvalue weighted by Crippen LogP contribution is 2.07. The number of nitrogens with two attached hydrogens (primary N) is 1. The number of nitroso groups, excluding NO2 is 1. The highest BCUT2D eigenvalue weighted by atomic mass is 16.3. The van der Waals surface area contributed by atoms with Crippen LogP contribution in [0.4, 0.5) is 11.5 Å². The van der Waals surface area contributed by atoms with Crippen LogP contribution in [-0.2, 0) is 0 Å². The summed E-state index contributed by atoms with van der Waals surface area (Å²) in [5.41, 5.74) is 2.90. The normalized spacial score (nSPS) is 9.45. The predicted molar refractivity (Wildman–Crippen MR) is 37.6 cm³/mol. The molecule has 0 spiro atoms. The fourth-order valence-corrected chi connectivity index (χ4v) is 0.588. The van der Waals surface area contributed by atoms with Gasteiger partial charge in [0.05, 0.1) is 0 Å². The Kier molecular flexibility index (Phi) is 1.55. The summed E-state index contributed by atoms with van der Waals surface area (Å²) in [6.07, 6.45) is 0. The van der Waals surface area contributed by atoms with Gasteiger partial charge in [-0.05, 0) is 5.18 Å². The van der Waals surface area contributed by atoms with Crippen molar-refractivity contribution < 1.29 is 0 Å². The van der Waals surface area contributed by atoms with Crippen LogP contribution in [0.3, 0.4) is 0 Å². The van der Waals surface area contributed by atoms with E-state index in [1.807, 2.05) is 4.98 Å². The van der Waals surface area contributed by atoms with Gasteiger partial charge in [-0.25, -0.2) is 4.79 Å². The molecule has 7 nitrogen and oxygen atoms in total. The average Bonchev–Trinajstić information content (AvgIpc) is 1.85. The number of hydrogen-bond acceptors (Lipinski definition) is 5. The van der Waals surface area contributed by atoms with Crippen LogP contribution in [0.1, 0.15) is 0 Å². The fourth-order valence-electron chi connectivity index (χ4n) is 0.588. The SMILES string of the molecule is Nc1[nH]c(=O)[nH][13c](=O)[13c]1N=O. The summed E-state index contributed by atoms with van der Waals surface area (Å²) >= 11 is 0. The molecule has 58 valence electrons. The van der Waals surface area contributed by atoms with Crippen molar-refractivity contribution in [3.8, 4) is 0 Å². The molecular weight excluding hydrogens is 154 g/mol. The summed E-state index contributed by atoms with van der Waals surface area (Å²) < 4.78 is 0. The van der Waals surface area contributed by atoms with Gasteiger partial charge >= 0.3 is 5.69 Å². The van der Waals surface area contributed by atoms with Crippen LogP contribution in [-0.4, -0.2) is 9.97 Å². The topological polar surface area (TPSA) is 121 Å². The Morgan fingerprint density at radius 1 is 1.27 bits per heavy atom. The number of aromatic nitrogens is 2. The van der Waals surface area contributed by atoms with Gasteiger partial charge in [0.25, 0.3) is 5.56 Å². The maximum atomic E-state index is 10.6. The Morgan fingerprint density at radius 2 is 1.91 bits per heavy atom. The molecule has 1 aromatic rings. The lowest BCUT2D eigenvalue weighted by Crippen LogP contribution is -2.23. The Hall–Kier alpha value is -1.92. The van der Waals surface area contributed by atoms with Crippen molar-refractivity contribution in [2.24, 2.45) is 5.18 Å². The molecule has 0 unspecified atom stereocenters. The first-order chi connectivity index (χ1) is 5.15. The summed E-state index contributed by atoms with van der Waals surface area (Å²) in [6.45, 7) is 0. The van der Waals surface area contributed by atoms with E-state index in [1.165, 1.54) is 0 Å². The van der Waals surface area contributed by atoms with Gasteiger partial charge in [-0.1, -0.05) is 0 Å². The predicted octanol–water partition coefficient (Wildman–Crippen LogP) is -0.957. The quantitative estimate of drug-likeness (QED) is 0.455. The van der Waals surface area contributed by atoms with Crippen LogP contribution in [0.25, 0.3) is 0 Å². The zero-order chi connectivity index (χ0) is 8.43. The third-order valence-electron chi connectivity index (χ3n) is 1.04. The van der Waals surface area contributed by atoms with Crippen LogP contribution in [0.2, 0.25) is 0 Å². The monoisotopic (exact) mass is 158 g/mol. The molecule has 0 saturated carbocycles. The smallest absolute Gasteiger partial charge is 0.327 e. The summed E-state index contributed by atoms with van der Waals surface area (Å²) in [5.74, 6) is -0.325. The molecule has 0 atom stereocenters. The number of nitrogens with zero attached hydrogens (tertiary/aromatic N) is 1. The van der Waals surface area contributed by atoms with Gasteiger partial charge in [-0.3, -0.25) is 14.8 Å². The Morgan fingerprint density at radius 3 is 2.36 bits per heavy atom. The minimum atomic E-state index is -0.888. The molecule has 1 heterocycles. The highest BCUT2D eigenvalue weighted by molar-refractivity contribution is 5.54. The standard InChI is InChI=1S/C4H4N4O3/c5-2-1(8-11)3(9)7-4(10)6-2/h(H4,5,6,7,9,10)/i1+1,3+1. The molecule has 7 heteroatoms. The lowest BCUT2D eigenvalue weighted by molar-refractivity contribution is 1.04. The van der Waals surface area contributed by atoms with Crippen LogP contribution >= 0.6 is 0 Å². The third-order valence-corrected chi connectivity index (χ3v) is 1.04. The van der Waals surface area contributed by atoms with Gasteiger partial charge in [-0.15, -0.1) is 4.91 Å². The van der Waals surface area contributed by atoms with Crippen LogP contribution < -0.4 is 17.0 Å². The second-order valence-electron chi connectivity index (χ2n) is 1.76. The summed E-state index contributed by atoms with van der Waals surface area (Å²) in [7, 11) is 0. The van der Waals surface area contributed by atoms with Crippen LogP contribution in [0.5, 0.6) is 0 Å². The van der Waals surface area contributed by atoms with Crippen molar-refractivity contribution in [1.29, 1.82) is 0 Å². The number of hydrogen-bond donors (Lipinski definition) is 3. The summed E-state index contributed by atoms with van der Waals surface area (Å²) in [4.78, 5) is 34.8. The van der Waals surface area contributed by atoms with Crippen LogP contribution in [0.15, 0.2) is 14.8 Å². The number of rotatable bonds is 1. The lowest BCUT2D eigenvalue weighted by Gasteiger charge is -1.91. The Bertz CT molecular complexity index is 389. The van der Waals surface area contributed by atoms with E-state index in [-0.39, 0.29) is 5.82 Å². The maximum Gasteiger partial charge on any atom is 0.327 e. The van der Waals surface area contributed by atoms with Gasteiger partial charge in [0, 0.05) is 0 Å². The molecule has 0 aliphatic rings. The van der Waals surface area contributed by atoms with E-state index in [0.29, 0.717) is 0 Å². The number of H-pyrrole nitrogens is 2. The zero-order valence-electron chi connectivity index (χ0n) is 5.25. The van der Waals surface area contributed by atoms with Crippen LogP contribution in [0, 0.1) is 4.91 Å². The van der Waals surface area contributed by atoms with Gasteiger partial charge < -0.3 is 5.73 Å². The molecule has 4 N–H and O–H groups in total. The summed E-state index contributed by atoms with van der Waals surface area (Å²) in [5, 5.41) is 2.32. The van der Waals surface area contributed by atoms with E-state index in [9.17, 15) is 14.5 Å². The molecule has 0 saturated heterocycles. The second-order valence-corrected chi connectivity index (χ2v) is 1.76. The van der Waals surface area contributed by atoms with E-state index in [2.05, 4.69) is 5.18 Å². The molecule has 0 radical (unpaired) electrons. The number of nitrogens with one attached hydrogen (secondary N) is 2. The van der Waals surface area contributed by atoms with Crippen molar-refractivity contribution in [3.63, 3.8) is 0 Å². The molecule has 0 fully saturated rings. The molecule has 0 aliphatic carbocycles. The molecule has 11 heavy (non-hydrogen) atoms. The molecule has 0 amide bonds. The van der Waals surface area contributed by atoms with Crippen molar-refractivity contribution in [2.45, 2.75) is 0 Å². The largest absolute Gasteiger partial charge is 0.383 e. The molecule has 1 rings (SSSR count). The van der Waals surface area contributed by atoms with E-state index in [4.69, 9.17) is 5.73 Å². The fraction of sp³-hybridized carbons (Fsp3) is 0. The first kappa shape index (κ1) is 7.19. The third kappa shape index (κ3) is 1.16. The first-order valence-corrected chi connectivity index (χ1v) is 2.60. The maximum absolute atomic E-state index is 10.6. The molecule has 1 aromatic heterocycles. The minimum Gasteiger partial charge on any atom is -0.383 e. The molecule has 0 aromatic carbocycles. The van der Waals surface area contributed by atoms with E-state index in [0.717, 1.165) is 0 Å². The Balaban J connectivity index is 3.62. The van der Waals surface area contributed by atoms with Gasteiger partial charge in [-0.2, -0.15) is 0 Å². The molecule has 0 bridgehead atoms. The van der Waals surface area contributed by atoms with E-state index < -0.39 is 16.9 Å². The molecule has 0 aliphatic heterocycles. The molecular formula is C4H4N4O3. The number of anilines is 1. The van der Waals surface area contributed by atoms with Gasteiger partial charge in [0.2, 0.25) is 5.69 Å². The number of aromatic amines is 2. The zero-order valence-corrected chi connectivity index (χ0v) is 5.25. The van der Waals surface area contributed by atoms with Gasteiger partial charge in [0.15, 0.2) is 0 Å². The van der Waals surface area contributed by atoms with Crippen molar-refractivity contribution >= 4 is 11.5 Å². The first-order valence-electron chi connectivity index (χ1n) is 2.60. The average molecular weight is 158 g/mol. The number of nitrogen functional groups attached to an aromatic ring is 1. The highest BCUT2D eigenvalue weighted by Gasteiger charge is 2.04. The second kappa shape index (κ2) is 2.37. The van der Waals surface area contributed by atoms with E-state index >= 15 is 0 Å². The lowest BCUT2D eigenvalue weighted by atomic mass is 10.9.